The molecule has 0 saturated carbocycles. The van der Waals surface area contributed by atoms with E-state index in [2.05, 4.69) is 72.2 Å². The molecule has 0 N–H and O–H groups in total. The van der Waals surface area contributed by atoms with Gasteiger partial charge in [-0.05, 0) is 58.4 Å². The molecule has 0 aliphatic carbocycles. The summed E-state index contributed by atoms with van der Waals surface area (Å²) < 4.78 is 22.4. The first-order chi connectivity index (χ1) is 18.9. The molecule has 4 rings (SSSR count). The van der Waals surface area contributed by atoms with E-state index in [0.29, 0.717) is 39.6 Å². The Balaban J connectivity index is 1.01. The Hall–Kier alpha value is -4.48. The SMILES string of the molecule is C(C#CCOCCOc1ccc(-c2ccccc2)cc1)#CCOCCOc1ccc(-c2ccccc2)cc1. The zero-order valence-electron chi connectivity index (χ0n) is 21.3. The van der Waals surface area contributed by atoms with Gasteiger partial charge in [0.2, 0.25) is 0 Å². The standard InChI is InChI=1S/C34H30O4/c1(9-23-35-25-27-37-33-19-15-31(16-20-33)29-11-5-3-6-12-29)2-10-24-36-26-28-38-34-21-17-32(18-22-34)30-13-7-4-8-14-30/h3-8,11-22H,23-28H2. The molecule has 0 aliphatic rings. The summed E-state index contributed by atoms with van der Waals surface area (Å²) in [5.74, 6) is 12.9. The molecule has 0 aromatic heterocycles. The van der Waals surface area contributed by atoms with E-state index in [1.807, 2.05) is 60.7 Å². The smallest absolute Gasteiger partial charge is 0.119 e. The lowest BCUT2D eigenvalue weighted by Gasteiger charge is -2.07. The number of hydrogen-bond acceptors (Lipinski definition) is 4. The first-order valence-corrected chi connectivity index (χ1v) is 12.6. The van der Waals surface area contributed by atoms with Gasteiger partial charge in [-0.15, -0.1) is 0 Å². The predicted molar refractivity (Wildman–Crippen MR) is 152 cm³/mol. The summed E-state index contributed by atoms with van der Waals surface area (Å²) in [6.45, 7) is 2.46. The maximum absolute atomic E-state index is 5.71. The van der Waals surface area contributed by atoms with Crippen molar-refractivity contribution in [3.8, 4) is 57.4 Å². The molecule has 4 nitrogen and oxygen atoms in total. The summed E-state index contributed by atoms with van der Waals surface area (Å²) in [7, 11) is 0. The van der Waals surface area contributed by atoms with Crippen LogP contribution in [0.3, 0.4) is 0 Å². The predicted octanol–water partition coefficient (Wildman–Crippen LogP) is 6.52. The van der Waals surface area contributed by atoms with Crippen molar-refractivity contribution >= 4 is 0 Å². The lowest BCUT2D eigenvalue weighted by molar-refractivity contribution is 0.124. The van der Waals surface area contributed by atoms with Gasteiger partial charge in [-0.25, -0.2) is 0 Å². The molecule has 0 spiro atoms. The average molecular weight is 503 g/mol. The van der Waals surface area contributed by atoms with E-state index >= 15 is 0 Å². The number of benzene rings is 4. The van der Waals surface area contributed by atoms with Crippen LogP contribution < -0.4 is 9.47 Å². The van der Waals surface area contributed by atoms with Gasteiger partial charge in [-0.1, -0.05) is 96.8 Å². The fourth-order valence-electron chi connectivity index (χ4n) is 3.59. The molecule has 0 amide bonds. The van der Waals surface area contributed by atoms with E-state index in [1.165, 1.54) is 11.1 Å². The summed E-state index contributed by atoms with van der Waals surface area (Å²) in [6.07, 6.45) is 0. The van der Waals surface area contributed by atoms with Crippen LogP contribution in [0.1, 0.15) is 0 Å². The molecule has 4 aromatic carbocycles. The van der Waals surface area contributed by atoms with Crippen LogP contribution in [-0.2, 0) is 9.47 Å². The molecule has 0 saturated heterocycles. The van der Waals surface area contributed by atoms with Gasteiger partial charge in [0.05, 0.1) is 13.2 Å². The first kappa shape index (κ1) is 26.6. The van der Waals surface area contributed by atoms with Crippen molar-refractivity contribution < 1.29 is 18.9 Å². The highest BCUT2D eigenvalue weighted by atomic mass is 16.5. The first-order valence-electron chi connectivity index (χ1n) is 12.6. The second-order valence-electron chi connectivity index (χ2n) is 8.19. The summed E-state index contributed by atoms with van der Waals surface area (Å²) >= 11 is 0. The third-order valence-electron chi connectivity index (χ3n) is 5.50. The third-order valence-corrected chi connectivity index (χ3v) is 5.50. The van der Waals surface area contributed by atoms with Crippen molar-refractivity contribution in [1.29, 1.82) is 0 Å². The van der Waals surface area contributed by atoms with Crippen molar-refractivity contribution in [2.45, 2.75) is 0 Å². The maximum Gasteiger partial charge on any atom is 0.119 e. The minimum absolute atomic E-state index is 0.308. The zero-order chi connectivity index (χ0) is 26.1. The molecule has 0 heterocycles. The number of hydrogen-bond donors (Lipinski definition) is 0. The Labute approximate surface area is 225 Å². The molecule has 0 aliphatic heterocycles. The van der Waals surface area contributed by atoms with Gasteiger partial charge in [-0.2, -0.15) is 0 Å². The Morgan fingerprint density at radius 1 is 0.395 bits per heavy atom. The third kappa shape index (κ3) is 9.19. The van der Waals surface area contributed by atoms with Crippen LogP contribution in [0.25, 0.3) is 22.3 Å². The molecule has 0 unspecified atom stereocenters. The Kier molecular flexibility index (Phi) is 10.9. The van der Waals surface area contributed by atoms with Gasteiger partial charge in [0, 0.05) is 0 Å². The lowest BCUT2D eigenvalue weighted by Crippen LogP contribution is -2.06. The van der Waals surface area contributed by atoms with Crippen LogP contribution in [0.2, 0.25) is 0 Å². The molecular formula is C34H30O4. The second kappa shape index (κ2) is 15.6. The molecule has 0 fully saturated rings. The molecule has 0 bridgehead atoms. The van der Waals surface area contributed by atoms with Gasteiger partial charge in [-0.3, -0.25) is 0 Å². The molecular weight excluding hydrogens is 472 g/mol. The monoisotopic (exact) mass is 502 g/mol. The topological polar surface area (TPSA) is 36.9 Å². The molecule has 38 heavy (non-hydrogen) atoms. The van der Waals surface area contributed by atoms with Gasteiger partial charge >= 0.3 is 0 Å². The molecule has 4 aromatic rings. The van der Waals surface area contributed by atoms with Gasteiger partial charge in [0.1, 0.15) is 37.9 Å². The van der Waals surface area contributed by atoms with Crippen LogP contribution in [-0.4, -0.2) is 39.6 Å². The van der Waals surface area contributed by atoms with Gasteiger partial charge in [0.25, 0.3) is 0 Å². The van der Waals surface area contributed by atoms with Crippen molar-refractivity contribution in [3.05, 3.63) is 109 Å². The minimum atomic E-state index is 0.308. The summed E-state index contributed by atoms with van der Waals surface area (Å²) in [6, 6.07) is 36.6. The van der Waals surface area contributed by atoms with E-state index in [1.54, 1.807) is 0 Å². The van der Waals surface area contributed by atoms with Crippen molar-refractivity contribution in [3.63, 3.8) is 0 Å². The van der Waals surface area contributed by atoms with Crippen LogP contribution >= 0.6 is 0 Å². The minimum Gasteiger partial charge on any atom is -0.491 e. The summed E-state index contributed by atoms with van der Waals surface area (Å²) in [5.41, 5.74) is 4.69. The van der Waals surface area contributed by atoms with Crippen LogP contribution in [0.4, 0.5) is 0 Å². The molecule has 190 valence electrons. The zero-order valence-corrected chi connectivity index (χ0v) is 21.3. The fourth-order valence-corrected chi connectivity index (χ4v) is 3.59. The highest BCUT2D eigenvalue weighted by molar-refractivity contribution is 5.64. The largest absolute Gasteiger partial charge is 0.491 e. The number of rotatable bonds is 12. The van der Waals surface area contributed by atoms with E-state index < -0.39 is 0 Å². The molecule has 4 heteroatoms. The number of ether oxygens (including phenoxy) is 4. The summed E-state index contributed by atoms with van der Waals surface area (Å²) in [5, 5.41) is 0. The van der Waals surface area contributed by atoms with E-state index in [4.69, 9.17) is 18.9 Å². The van der Waals surface area contributed by atoms with Crippen LogP contribution in [0.5, 0.6) is 11.5 Å². The summed E-state index contributed by atoms with van der Waals surface area (Å²) in [4.78, 5) is 0. The van der Waals surface area contributed by atoms with E-state index in [0.717, 1.165) is 22.6 Å². The van der Waals surface area contributed by atoms with Crippen LogP contribution in [0.15, 0.2) is 109 Å². The van der Waals surface area contributed by atoms with Gasteiger partial charge in [0.15, 0.2) is 0 Å². The Morgan fingerprint density at radius 2 is 0.763 bits per heavy atom. The Morgan fingerprint density at radius 3 is 1.16 bits per heavy atom. The molecule has 0 radical (unpaired) electrons. The second-order valence-corrected chi connectivity index (χ2v) is 8.19. The average Bonchev–Trinajstić information content (AvgIpc) is 2.99. The van der Waals surface area contributed by atoms with E-state index in [9.17, 15) is 0 Å². The Bertz CT molecular complexity index is 1230. The van der Waals surface area contributed by atoms with Crippen molar-refractivity contribution in [2.24, 2.45) is 0 Å². The highest BCUT2D eigenvalue weighted by Crippen LogP contribution is 2.23. The normalized spacial score (nSPS) is 10.0. The lowest BCUT2D eigenvalue weighted by atomic mass is 10.1. The van der Waals surface area contributed by atoms with Crippen LogP contribution in [0, 0.1) is 23.7 Å². The van der Waals surface area contributed by atoms with Crippen molar-refractivity contribution in [1.82, 2.24) is 0 Å². The van der Waals surface area contributed by atoms with Gasteiger partial charge < -0.3 is 18.9 Å². The maximum atomic E-state index is 5.71. The fraction of sp³-hybridized carbons (Fsp3) is 0.176. The van der Waals surface area contributed by atoms with Crippen molar-refractivity contribution in [2.75, 3.05) is 39.6 Å². The van der Waals surface area contributed by atoms with E-state index in [-0.39, 0.29) is 0 Å². The highest BCUT2D eigenvalue weighted by Gasteiger charge is 1.99. The molecule has 0 atom stereocenters. The quantitative estimate of drug-likeness (QED) is 0.163.